The number of nitrogens with one attached hydrogen (secondary N) is 1. The van der Waals surface area contributed by atoms with Crippen LogP contribution in [0.5, 0.6) is 5.75 Å². The van der Waals surface area contributed by atoms with Gasteiger partial charge in [-0.15, -0.1) is 0 Å². The van der Waals surface area contributed by atoms with E-state index in [0.29, 0.717) is 18.2 Å². The molecule has 0 radical (unpaired) electrons. The minimum absolute atomic E-state index is 0.335. The van der Waals surface area contributed by atoms with Crippen LogP contribution in [0.4, 0.5) is 5.82 Å². The van der Waals surface area contributed by atoms with Gasteiger partial charge in [-0.25, -0.2) is 15.8 Å². The molecule has 1 aromatic heterocycles. The van der Waals surface area contributed by atoms with Crippen LogP contribution in [0.3, 0.4) is 0 Å². The van der Waals surface area contributed by atoms with E-state index in [0.717, 1.165) is 15.7 Å². The first-order chi connectivity index (χ1) is 9.75. The first-order valence-electron chi connectivity index (χ1n) is 5.90. The molecule has 106 valence electrons. The zero-order valence-corrected chi connectivity index (χ0v) is 12.1. The van der Waals surface area contributed by atoms with Crippen LogP contribution in [0.25, 0.3) is 0 Å². The van der Waals surface area contributed by atoms with Gasteiger partial charge in [-0.3, -0.25) is 0 Å². The number of nitrogens with zero attached hydrogens (tertiary/aromatic N) is 2. The highest BCUT2D eigenvalue weighted by atomic mass is 32.2. The molecular weight excluding hydrogens is 276 g/mol. The van der Waals surface area contributed by atoms with E-state index in [1.54, 1.807) is 20.3 Å². The Morgan fingerprint density at radius 2 is 2.10 bits per heavy atom. The van der Waals surface area contributed by atoms with E-state index < -0.39 is 0 Å². The highest BCUT2D eigenvalue weighted by Crippen LogP contribution is 2.29. The number of hydrazine groups is 1. The van der Waals surface area contributed by atoms with Crippen LogP contribution in [0.15, 0.2) is 40.3 Å². The molecule has 6 nitrogen and oxygen atoms in total. The average molecular weight is 292 g/mol. The second kappa shape index (κ2) is 7.09. The van der Waals surface area contributed by atoms with Crippen LogP contribution >= 0.6 is 11.8 Å². The van der Waals surface area contributed by atoms with Gasteiger partial charge in [0.25, 0.3) is 0 Å². The minimum Gasteiger partial charge on any atom is -0.497 e. The van der Waals surface area contributed by atoms with Gasteiger partial charge in [-0.2, -0.15) is 0 Å². The number of aromatic nitrogens is 2. The molecule has 0 saturated heterocycles. The van der Waals surface area contributed by atoms with Gasteiger partial charge in [-0.05, 0) is 18.2 Å². The maximum Gasteiger partial charge on any atom is 0.157 e. The van der Waals surface area contributed by atoms with Crippen LogP contribution < -0.4 is 16.0 Å². The molecule has 0 aliphatic rings. The van der Waals surface area contributed by atoms with E-state index in [1.807, 2.05) is 24.3 Å². The molecule has 0 atom stereocenters. The predicted molar refractivity (Wildman–Crippen MR) is 77.7 cm³/mol. The zero-order valence-electron chi connectivity index (χ0n) is 11.3. The number of hydrogen-bond donors (Lipinski definition) is 2. The van der Waals surface area contributed by atoms with E-state index in [-0.39, 0.29) is 0 Å². The molecule has 0 fully saturated rings. The number of benzene rings is 1. The van der Waals surface area contributed by atoms with Gasteiger partial charge in [0.05, 0.1) is 7.11 Å². The van der Waals surface area contributed by atoms with E-state index >= 15 is 0 Å². The molecule has 0 aliphatic carbocycles. The van der Waals surface area contributed by atoms with Gasteiger partial charge in [0.2, 0.25) is 0 Å². The van der Waals surface area contributed by atoms with Crippen molar-refractivity contribution in [1.82, 2.24) is 9.97 Å². The van der Waals surface area contributed by atoms with Crippen molar-refractivity contribution in [2.24, 2.45) is 5.84 Å². The number of nitrogen functional groups attached to an aromatic ring is 1. The first-order valence-corrected chi connectivity index (χ1v) is 6.72. The molecule has 0 amide bonds. The third-order valence-corrected chi connectivity index (χ3v) is 3.34. The van der Waals surface area contributed by atoms with E-state index in [4.69, 9.17) is 15.3 Å². The van der Waals surface area contributed by atoms with Crippen molar-refractivity contribution in [3.8, 4) is 5.75 Å². The van der Waals surface area contributed by atoms with Gasteiger partial charge < -0.3 is 14.9 Å². The second-order valence-corrected chi connectivity index (χ2v) is 4.96. The first kappa shape index (κ1) is 14.6. The smallest absolute Gasteiger partial charge is 0.157 e. The van der Waals surface area contributed by atoms with Gasteiger partial charge in [0, 0.05) is 18.1 Å². The molecule has 2 rings (SSSR count). The summed E-state index contributed by atoms with van der Waals surface area (Å²) < 4.78 is 10.2. The molecular formula is C13H16N4O2S. The monoisotopic (exact) mass is 292 g/mol. The number of rotatable bonds is 6. The Labute approximate surface area is 121 Å². The van der Waals surface area contributed by atoms with Crippen LogP contribution in [0.1, 0.15) is 5.82 Å². The lowest BCUT2D eigenvalue weighted by Gasteiger charge is -2.07. The number of hydrogen-bond acceptors (Lipinski definition) is 7. The predicted octanol–water partition coefficient (Wildman–Crippen LogP) is 2.07. The Balaban J connectivity index is 2.24. The fourth-order valence-corrected chi connectivity index (χ4v) is 2.46. The molecule has 7 heteroatoms. The lowest BCUT2D eigenvalue weighted by atomic mass is 10.3. The molecule has 20 heavy (non-hydrogen) atoms. The summed E-state index contributed by atoms with van der Waals surface area (Å²) in [5, 5.41) is 0.785. The highest BCUT2D eigenvalue weighted by molar-refractivity contribution is 7.99. The van der Waals surface area contributed by atoms with Gasteiger partial charge in [-0.1, -0.05) is 17.8 Å². The Hall–Kier alpha value is -1.83. The van der Waals surface area contributed by atoms with Crippen molar-refractivity contribution in [3.05, 3.63) is 36.2 Å². The molecule has 1 heterocycles. The summed E-state index contributed by atoms with van der Waals surface area (Å²) in [6.45, 7) is 0.335. The average Bonchev–Trinajstić information content (AvgIpc) is 2.47. The van der Waals surface area contributed by atoms with Crippen LogP contribution in [-0.4, -0.2) is 24.2 Å². The summed E-state index contributed by atoms with van der Waals surface area (Å²) >= 11 is 1.50. The molecule has 1 aromatic carbocycles. The number of methoxy groups -OCH3 is 2. The SMILES string of the molecule is COCc1nc(NN)cc(Sc2cccc(OC)c2)n1. The van der Waals surface area contributed by atoms with Crippen molar-refractivity contribution >= 4 is 17.6 Å². The van der Waals surface area contributed by atoms with Crippen molar-refractivity contribution in [1.29, 1.82) is 0 Å². The van der Waals surface area contributed by atoms with Crippen molar-refractivity contribution in [3.63, 3.8) is 0 Å². The van der Waals surface area contributed by atoms with Crippen molar-refractivity contribution < 1.29 is 9.47 Å². The van der Waals surface area contributed by atoms with Crippen molar-refractivity contribution in [2.75, 3.05) is 19.6 Å². The van der Waals surface area contributed by atoms with E-state index in [9.17, 15) is 0 Å². The van der Waals surface area contributed by atoms with E-state index in [1.165, 1.54) is 11.8 Å². The van der Waals surface area contributed by atoms with Crippen molar-refractivity contribution in [2.45, 2.75) is 16.5 Å². The largest absolute Gasteiger partial charge is 0.497 e. The Kier molecular flexibility index (Phi) is 5.16. The summed E-state index contributed by atoms with van der Waals surface area (Å²) in [6, 6.07) is 9.54. The maximum atomic E-state index is 5.41. The molecule has 0 aliphatic heterocycles. The lowest BCUT2D eigenvalue weighted by Crippen LogP contribution is -2.11. The summed E-state index contributed by atoms with van der Waals surface area (Å²) in [7, 11) is 3.24. The third kappa shape index (κ3) is 3.83. The molecule has 0 saturated carbocycles. The van der Waals surface area contributed by atoms with Gasteiger partial charge in [0.15, 0.2) is 5.82 Å². The summed E-state index contributed by atoms with van der Waals surface area (Å²) in [5.41, 5.74) is 2.53. The molecule has 2 aromatic rings. The Morgan fingerprint density at radius 3 is 2.80 bits per heavy atom. The van der Waals surface area contributed by atoms with Gasteiger partial charge in [0.1, 0.15) is 23.2 Å². The molecule has 3 N–H and O–H groups in total. The molecule has 0 spiro atoms. The normalized spacial score (nSPS) is 10.3. The third-order valence-electron chi connectivity index (χ3n) is 2.43. The zero-order chi connectivity index (χ0) is 14.4. The standard InChI is InChI=1S/C13H16N4O2S/c1-18-8-12-15-11(17-14)7-13(16-12)20-10-5-3-4-9(6-10)19-2/h3-7H,8,14H2,1-2H3,(H,15,16,17). The summed E-state index contributed by atoms with van der Waals surface area (Å²) in [4.78, 5) is 9.64. The van der Waals surface area contributed by atoms with Gasteiger partial charge >= 0.3 is 0 Å². The van der Waals surface area contributed by atoms with Crippen LogP contribution in [0.2, 0.25) is 0 Å². The Morgan fingerprint density at radius 1 is 1.25 bits per heavy atom. The van der Waals surface area contributed by atoms with Crippen LogP contribution in [-0.2, 0) is 11.3 Å². The fourth-order valence-electron chi connectivity index (χ4n) is 1.58. The molecule has 0 bridgehead atoms. The Bertz CT molecular complexity index is 580. The number of ether oxygens (including phenoxy) is 2. The maximum absolute atomic E-state index is 5.41. The topological polar surface area (TPSA) is 82.3 Å². The number of nitrogens with two attached hydrogens (primary N) is 1. The van der Waals surface area contributed by atoms with E-state index in [2.05, 4.69) is 15.4 Å². The van der Waals surface area contributed by atoms with Crippen LogP contribution in [0, 0.1) is 0 Å². The second-order valence-electron chi connectivity index (χ2n) is 3.87. The minimum atomic E-state index is 0.335. The summed E-state index contributed by atoms with van der Waals surface area (Å²) in [5.74, 6) is 7.35. The fraction of sp³-hybridized carbons (Fsp3) is 0.231. The quantitative estimate of drug-likeness (QED) is 0.479. The lowest BCUT2D eigenvalue weighted by molar-refractivity contribution is 0.177. The molecule has 0 unspecified atom stereocenters. The summed E-state index contributed by atoms with van der Waals surface area (Å²) in [6.07, 6.45) is 0. The highest BCUT2D eigenvalue weighted by Gasteiger charge is 2.06. The number of anilines is 1.